The van der Waals surface area contributed by atoms with Crippen LogP contribution in [-0.4, -0.2) is 21.9 Å². The first-order valence-corrected chi connectivity index (χ1v) is 7.31. The number of aliphatic hydroxyl groups excluding tert-OH is 1. The van der Waals surface area contributed by atoms with Crippen LogP contribution in [0.3, 0.4) is 0 Å². The smallest absolute Gasteiger partial charge is 0.234 e. The molecule has 0 radical (unpaired) electrons. The second-order valence-corrected chi connectivity index (χ2v) is 5.67. The number of nitrogens with zero attached hydrogens (tertiary/aromatic N) is 3. The van der Waals surface area contributed by atoms with E-state index in [1.54, 1.807) is 12.1 Å². The Morgan fingerprint density at radius 3 is 2.45 bits per heavy atom. The summed E-state index contributed by atoms with van der Waals surface area (Å²) < 4.78 is 5.99. The molecule has 22 heavy (non-hydrogen) atoms. The number of rotatable bonds is 5. The van der Waals surface area contributed by atoms with Gasteiger partial charge in [-0.1, -0.05) is 31.2 Å². The minimum Gasteiger partial charge on any atom is -0.465 e. The molecule has 1 heterocycles. The van der Waals surface area contributed by atoms with Crippen molar-refractivity contribution in [2.45, 2.75) is 31.3 Å². The fourth-order valence-electron chi connectivity index (χ4n) is 2.42. The Bertz CT molecular complexity index is 685. The summed E-state index contributed by atoms with van der Waals surface area (Å²) in [4.78, 5) is 0. The van der Waals surface area contributed by atoms with Crippen molar-refractivity contribution in [3.05, 3.63) is 53.2 Å². The van der Waals surface area contributed by atoms with Crippen molar-refractivity contribution in [1.29, 1.82) is 5.26 Å². The Kier molecular flexibility index (Phi) is 3.78. The van der Waals surface area contributed by atoms with Crippen LogP contribution in [0.15, 0.2) is 36.4 Å². The third-order valence-corrected chi connectivity index (χ3v) is 4.04. The lowest BCUT2D eigenvalue weighted by Gasteiger charge is -2.18. The van der Waals surface area contributed by atoms with Gasteiger partial charge in [-0.25, -0.2) is 0 Å². The molecule has 1 aromatic carbocycles. The highest BCUT2D eigenvalue weighted by Crippen LogP contribution is 2.49. The van der Waals surface area contributed by atoms with Gasteiger partial charge in [0.05, 0.1) is 0 Å². The van der Waals surface area contributed by atoms with E-state index in [0.29, 0.717) is 5.88 Å². The minimum absolute atomic E-state index is 0.134. The predicted molar refractivity (Wildman–Crippen MR) is 80.2 cm³/mol. The molecule has 1 saturated carbocycles. The van der Waals surface area contributed by atoms with E-state index in [4.69, 9.17) is 10.00 Å². The van der Waals surface area contributed by atoms with Crippen molar-refractivity contribution in [3.8, 4) is 11.9 Å². The highest BCUT2D eigenvalue weighted by atomic mass is 16.5. The minimum atomic E-state index is -0.330. The zero-order valence-electron chi connectivity index (χ0n) is 12.4. The van der Waals surface area contributed by atoms with Crippen LogP contribution in [0.4, 0.5) is 0 Å². The predicted octanol–water partition coefficient (Wildman–Crippen LogP) is 2.51. The van der Waals surface area contributed by atoms with Gasteiger partial charge in [-0.15, -0.1) is 10.2 Å². The molecule has 0 spiro atoms. The number of aliphatic hydroxyl groups is 1. The average Bonchev–Trinajstić information content (AvgIpc) is 3.36. The standard InChI is InChI=1S/C17H17N3O2/c1-12(11-21)13-2-4-14(5-3-13)17(8-9-17)22-16-7-6-15(10-18)19-20-16/h2-7,12,21H,8-9,11H2,1H3. The fraction of sp³-hybridized carbons (Fsp3) is 0.353. The van der Waals surface area contributed by atoms with Crippen molar-refractivity contribution < 1.29 is 9.84 Å². The molecule has 0 bridgehead atoms. The van der Waals surface area contributed by atoms with Gasteiger partial charge in [-0.2, -0.15) is 5.26 Å². The van der Waals surface area contributed by atoms with E-state index in [1.807, 2.05) is 37.3 Å². The molecule has 1 aromatic heterocycles. The van der Waals surface area contributed by atoms with E-state index in [0.717, 1.165) is 24.0 Å². The SMILES string of the molecule is CC(CO)c1ccc(C2(Oc3ccc(C#N)nn3)CC2)cc1. The maximum Gasteiger partial charge on any atom is 0.234 e. The van der Waals surface area contributed by atoms with Gasteiger partial charge in [0.15, 0.2) is 5.69 Å². The van der Waals surface area contributed by atoms with Crippen molar-refractivity contribution in [1.82, 2.24) is 10.2 Å². The van der Waals surface area contributed by atoms with Crippen LogP contribution in [-0.2, 0) is 5.60 Å². The first-order chi connectivity index (χ1) is 10.7. The number of hydrogen-bond donors (Lipinski definition) is 1. The first-order valence-electron chi connectivity index (χ1n) is 7.31. The summed E-state index contributed by atoms with van der Waals surface area (Å²) >= 11 is 0. The zero-order chi connectivity index (χ0) is 15.6. The number of nitriles is 1. The summed E-state index contributed by atoms with van der Waals surface area (Å²) in [6.45, 7) is 2.13. The molecule has 1 atom stereocenters. The summed E-state index contributed by atoms with van der Waals surface area (Å²) in [6.07, 6.45) is 1.87. The molecule has 1 fully saturated rings. The summed E-state index contributed by atoms with van der Waals surface area (Å²) in [7, 11) is 0. The van der Waals surface area contributed by atoms with Gasteiger partial charge in [0.2, 0.25) is 5.88 Å². The molecule has 5 heteroatoms. The molecular formula is C17H17N3O2. The third-order valence-electron chi connectivity index (χ3n) is 4.04. The van der Waals surface area contributed by atoms with Gasteiger partial charge >= 0.3 is 0 Å². The summed E-state index contributed by atoms with van der Waals surface area (Å²) in [5.74, 6) is 0.568. The molecule has 2 aromatic rings. The lowest BCUT2D eigenvalue weighted by Crippen LogP contribution is -2.16. The maximum absolute atomic E-state index is 9.20. The molecule has 0 amide bonds. The molecule has 5 nitrogen and oxygen atoms in total. The normalized spacial score (nSPS) is 16.6. The van der Waals surface area contributed by atoms with Crippen LogP contribution in [0.5, 0.6) is 5.88 Å². The van der Waals surface area contributed by atoms with Gasteiger partial charge in [-0.3, -0.25) is 0 Å². The molecular weight excluding hydrogens is 278 g/mol. The summed E-state index contributed by atoms with van der Waals surface area (Å²) in [6, 6.07) is 13.4. The Morgan fingerprint density at radius 2 is 1.95 bits per heavy atom. The second kappa shape index (κ2) is 5.74. The van der Waals surface area contributed by atoms with Crippen LogP contribution >= 0.6 is 0 Å². The van der Waals surface area contributed by atoms with Crippen LogP contribution in [0.25, 0.3) is 0 Å². The van der Waals surface area contributed by atoms with E-state index in [-0.39, 0.29) is 23.8 Å². The lowest BCUT2D eigenvalue weighted by molar-refractivity contribution is 0.170. The fourth-order valence-corrected chi connectivity index (χ4v) is 2.42. The van der Waals surface area contributed by atoms with Crippen molar-refractivity contribution in [2.75, 3.05) is 6.61 Å². The highest BCUT2D eigenvalue weighted by molar-refractivity contribution is 5.34. The molecule has 112 valence electrons. The Balaban J connectivity index is 1.77. The lowest BCUT2D eigenvalue weighted by atomic mass is 9.98. The van der Waals surface area contributed by atoms with E-state index < -0.39 is 0 Å². The van der Waals surface area contributed by atoms with Crippen LogP contribution in [0.1, 0.15) is 42.5 Å². The number of aromatic nitrogens is 2. The van der Waals surface area contributed by atoms with E-state index >= 15 is 0 Å². The maximum atomic E-state index is 9.20. The largest absolute Gasteiger partial charge is 0.465 e. The molecule has 1 N–H and O–H groups in total. The molecule has 0 aliphatic heterocycles. The van der Waals surface area contributed by atoms with Crippen LogP contribution in [0, 0.1) is 11.3 Å². The Morgan fingerprint density at radius 1 is 1.23 bits per heavy atom. The highest BCUT2D eigenvalue weighted by Gasteiger charge is 2.47. The van der Waals surface area contributed by atoms with Gasteiger partial charge in [0.1, 0.15) is 11.7 Å². The van der Waals surface area contributed by atoms with Gasteiger partial charge in [-0.05, 0) is 30.0 Å². The van der Waals surface area contributed by atoms with Crippen molar-refractivity contribution in [3.63, 3.8) is 0 Å². The third kappa shape index (κ3) is 2.78. The summed E-state index contributed by atoms with van der Waals surface area (Å²) in [5, 5.41) is 25.7. The number of benzene rings is 1. The van der Waals surface area contributed by atoms with E-state index in [9.17, 15) is 5.11 Å². The molecule has 1 aliphatic carbocycles. The molecule has 3 rings (SSSR count). The first kappa shape index (κ1) is 14.5. The van der Waals surface area contributed by atoms with Crippen molar-refractivity contribution in [2.24, 2.45) is 0 Å². The van der Waals surface area contributed by atoms with E-state index in [1.165, 1.54) is 0 Å². The van der Waals surface area contributed by atoms with Crippen LogP contribution in [0.2, 0.25) is 0 Å². The van der Waals surface area contributed by atoms with Crippen LogP contribution < -0.4 is 4.74 Å². The molecule has 0 saturated heterocycles. The number of hydrogen-bond acceptors (Lipinski definition) is 5. The topological polar surface area (TPSA) is 79.0 Å². The Labute approximate surface area is 129 Å². The summed E-state index contributed by atoms with van der Waals surface area (Å²) in [5.41, 5.74) is 2.16. The van der Waals surface area contributed by atoms with Gasteiger partial charge in [0, 0.05) is 18.6 Å². The quantitative estimate of drug-likeness (QED) is 0.917. The van der Waals surface area contributed by atoms with Gasteiger partial charge < -0.3 is 9.84 Å². The molecule has 1 unspecified atom stereocenters. The zero-order valence-corrected chi connectivity index (χ0v) is 12.4. The van der Waals surface area contributed by atoms with Gasteiger partial charge in [0.25, 0.3) is 0 Å². The average molecular weight is 295 g/mol. The monoisotopic (exact) mass is 295 g/mol. The number of ether oxygens (including phenoxy) is 1. The molecule has 1 aliphatic rings. The second-order valence-electron chi connectivity index (χ2n) is 5.67. The van der Waals surface area contributed by atoms with E-state index in [2.05, 4.69) is 10.2 Å². The Hall–Kier alpha value is -2.45. The van der Waals surface area contributed by atoms with Crippen molar-refractivity contribution >= 4 is 0 Å².